The lowest BCUT2D eigenvalue weighted by atomic mass is 9.98. The van der Waals surface area contributed by atoms with Gasteiger partial charge in [0.1, 0.15) is 11.6 Å². The van der Waals surface area contributed by atoms with E-state index in [1.165, 1.54) is 32.0 Å². The second-order valence-electron chi connectivity index (χ2n) is 10.1. The van der Waals surface area contributed by atoms with Gasteiger partial charge in [-0.25, -0.2) is 4.39 Å². The molecular formula is C30H36FN3O3. The van der Waals surface area contributed by atoms with Crippen LogP contribution in [0.5, 0.6) is 5.75 Å². The third-order valence-electron chi connectivity index (χ3n) is 7.50. The van der Waals surface area contributed by atoms with Crippen molar-refractivity contribution in [2.75, 3.05) is 44.4 Å². The van der Waals surface area contributed by atoms with E-state index in [0.29, 0.717) is 30.9 Å². The van der Waals surface area contributed by atoms with E-state index >= 15 is 4.39 Å². The van der Waals surface area contributed by atoms with Crippen molar-refractivity contribution < 1.29 is 18.7 Å². The molecule has 1 amide bonds. The first-order valence-electron chi connectivity index (χ1n) is 13.4. The first kappa shape index (κ1) is 25.6. The van der Waals surface area contributed by atoms with Crippen molar-refractivity contribution in [3.05, 3.63) is 54.0 Å². The number of amides is 1. The van der Waals surface area contributed by atoms with Crippen LogP contribution in [0.3, 0.4) is 0 Å². The number of hydrogen-bond acceptors (Lipinski definition) is 5. The summed E-state index contributed by atoms with van der Waals surface area (Å²) >= 11 is 0. The first-order chi connectivity index (χ1) is 18.0. The maximum absolute atomic E-state index is 15.3. The molecule has 3 aromatic rings. The summed E-state index contributed by atoms with van der Waals surface area (Å²) in [6.45, 7) is 8.94. The predicted molar refractivity (Wildman–Crippen MR) is 145 cm³/mol. The van der Waals surface area contributed by atoms with E-state index in [2.05, 4.69) is 9.88 Å². The molecule has 2 fully saturated rings. The summed E-state index contributed by atoms with van der Waals surface area (Å²) < 4.78 is 26.7. The minimum atomic E-state index is -0.338. The summed E-state index contributed by atoms with van der Waals surface area (Å²) in [6.07, 6.45) is 6.87. The number of carbonyl (C=O) groups is 1. The van der Waals surface area contributed by atoms with Crippen LogP contribution in [0.4, 0.5) is 10.1 Å². The van der Waals surface area contributed by atoms with E-state index in [0.717, 1.165) is 53.8 Å². The molecule has 2 aliphatic heterocycles. The molecule has 2 aliphatic rings. The standard InChI is InChI=1S/C30H36FN3O3/c1-21-20-32-29-19-28(31)26(18-27(29)30(21)34(22(2)35)24-10-16-36-17-11-24)23-6-8-25(9-7-23)37-15-5-14-33-12-3-4-13-33/h6-9,18-20,24H,3-5,10-17H2,1-2H3. The highest BCUT2D eigenvalue weighted by Crippen LogP contribution is 2.37. The number of anilines is 1. The molecule has 196 valence electrons. The number of benzene rings is 2. The molecular weight excluding hydrogens is 469 g/mol. The van der Waals surface area contributed by atoms with E-state index in [1.54, 1.807) is 13.1 Å². The first-order valence-corrected chi connectivity index (χ1v) is 13.4. The third-order valence-corrected chi connectivity index (χ3v) is 7.50. The van der Waals surface area contributed by atoms with Crippen molar-refractivity contribution in [2.45, 2.75) is 52.0 Å². The Morgan fingerprint density at radius 3 is 2.59 bits per heavy atom. The Balaban J connectivity index is 1.40. The lowest BCUT2D eigenvalue weighted by Crippen LogP contribution is -2.43. The van der Waals surface area contributed by atoms with Crippen LogP contribution < -0.4 is 9.64 Å². The molecule has 2 aromatic carbocycles. The Hall–Kier alpha value is -3.03. The number of likely N-dealkylation sites (tertiary alicyclic amines) is 1. The lowest BCUT2D eigenvalue weighted by molar-refractivity contribution is -0.117. The van der Waals surface area contributed by atoms with Gasteiger partial charge in [-0.2, -0.15) is 0 Å². The second kappa shape index (κ2) is 11.6. The Morgan fingerprint density at radius 2 is 1.89 bits per heavy atom. The van der Waals surface area contributed by atoms with Crippen LogP contribution in [-0.4, -0.2) is 61.3 Å². The number of aryl methyl sites for hydroxylation is 1. The number of fused-ring (bicyclic) bond motifs is 1. The molecule has 0 saturated carbocycles. The molecule has 37 heavy (non-hydrogen) atoms. The highest BCUT2D eigenvalue weighted by atomic mass is 19.1. The summed E-state index contributed by atoms with van der Waals surface area (Å²) in [4.78, 5) is 21.7. The van der Waals surface area contributed by atoms with E-state index < -0.39 is 0 Å². The molecule has 0 atom stereocenters. The molecule has 7 heteroatoms. The zero-order valence-electron chi connectivity index (χ0n) is 21.8. The van der Waals surface area contributed by atoms with Crippen LogP contribution in [0.25, 0.3) is 22.0 Å². The van der Waals surface area contributed by atoms with Crippen molar-refractivity contribution in [1.29, 1.82) is 0 Å². The molecule has 0 radical (unpaired) electrons. The van der Waals surface area contributed by atoms with Gasteiger partial charge in [0.25, 0.3) is 0 Å². The average molecular weight is 506 g/mol. The van der Waals surface area contributed by atoms with Gasteiger partial charge >= 0.3 is 0 Å². The Morgan fingerprint density at radius 1 is 1.16 bits per heavy atom. The van der Waals surface area contributed by atoms with Gasteiger partial charge in [-0.3, -0.25) is 9.78 Å². The molecule has 3 heterocycles. The van der Waals surface area contributed by atoms with Gasteiger partial charge in [0.15, 0.2) is 0 Å². The third kappa shape index (κ3) is 5.78. The summed E-state index contributed by atoms with van der Waals surface area (Å²) in [5.41, 5.74) is 3.49. The van der Waals surface area contributed by atoms with E-state index in [9.17, 15) is 4.79 Å². The van der Waals surface area contributed by atoms with E-state index in [4.69, 9.17) is 9.47 Å². The maximum Gasteiger partial charge on any atom is 0.224 e. The number of pyridine rings is 1. The van der Waals surface area contributed by atoms with Crippen LogP contribution in [0.2, 0.25) is 0 Å². The molecule has 5 rings (SSSR count). The van der Waals surface area contributed by atoms with Gasteiger partial charge in [0, 0.05) is 55.9 Å². The topological polar surface area (TPSA) is 54.9 Å². The predicted octanol–water partition coefficient (Wildman–Crippen LogP) is 5.75. The van der Waals surface area contributed by atoms with Gasteiger partial charge < -0.3 is 19.3 Å². The average Bonchev–Trinajstić information content (AvgIpc) is 3.43. The van der Waals surface area contributed by atoms with Crippen molar-refractivity contribution in [3.8, 4) is 16.9 Å². The maximum atomic E-state index is 15.3. The van der Waals surface area contributed by atoms with Crippen LogP contribution in [0, 0.1) is 12.7 Å². The molecule has 2 saturated heterocycles. The molecule has 0 spiro atoms. The number of hydrogen-bond donors (Lipinski definition) is 0. The minimum Gasteiger partial charge on any atom is -0.494 e. The van der Waals surface area contributed by atoms with Gasteiger partial charge in [-0.05, 0) is 81.4 Å². The lowest BCUT2D eigenvalue weighted by Gasteiger charge is -2.35. The number of nitrogens with zero attached hydrogens (tertiary/aromatic N) is 3. The van der Waals surface area contributed by atoms with Crippen LogP contribution >= 0.6 is 0 Å². The fraction of sp³-hybridized carbons (Fsp3) is 0.467. The van der Waals surface area contributed by atoms with Crippen LogP contribution in [0.1, 0.15) is 44.6 Å². The molecule has 1 aromatic heterocycles. The highest BCUT2D eigenvalue weighted by Gasteiger charge is 2.28. The number of halogens is 1. The quantitative estimate of drug-likeness (QED) is 0.365. The summed E-state index contributed by atoms with van der Waals surface area (Å²) in [5.74, 6) is 0.418. The fourth-order valence-electron chi connectivity index (χ4n) is 5.60. The van der Waals surface area contributed by atoms with Crippen LogP contribution in [0.15, 0.2) is 42.6 Å². The van der Waals surface area contributed by atoms with E-state index in [-0.39, 0.29) is 17.8 Å². The fourth-order valence-corrected chi connectivity index (χ4v) is 5.60. The Bertz CT molecular complexity index is 1240. The smallest absolute Gasteiger partial charge is 0.224 e. The van der Waals surface area contributed by atoms with Crippen LogP contribution in [-0.2, 0) is 9.53 Å². The largest absolute Gasteiger partial charge is 0.494 e. The monoisotopic (exact) mass is 505 g/mol. The van der Waals surface area contributed by atoms with Gasteiger partial charge in [0.05, 0.1) is 17.8 Å². The van der Waals surface area contributed by atoms with Gasteiger partial charge in [-0.15, -0.1) is 0 Å². The summed E-state index contributed by atoms with van der Waals surface area (Å²) in [7, 11) is 0. The normalized spacial score (nSPS) is 16.8. The second-order valence-corrected chi connectivity index (χ2v) is 10.1. The summed E-state index contributed by atoms with van der Waals surface area (Å²) in [6, 6.07) is 10.9. The molecule has 0 aliphatic carbocycles. The molecule has 0 bridgehead atoms. The Kier molecular flexibility index (Phi) is 8.01. The summed E-state index contributed by atoms with van der Waals surface area (Å²) in [5, 5.41) is 0.778. The molecule has 0 unspecified atom stereocenters. The number of ether oxygens (including phenoxy) is 2. The van der Waals surface area contributed by atoms with Crippen molar-refractivity contribution in [2.24, 2.45) is 0 Å². The van der Waals surface area contributed by atoms with Crippen molar-refractivity contribution in [3.63, 3.8) is 0 Å². The Labute approximate surface area is 218 Å². The van der Waals surface area contributed by atoms with Crippen molar-refractivity contribution >= 4 is 22.5 Å². The number of carbonyl (C=O) groups excluding carboxylic acids is 1. The van der Waals surface area contributed by atoms with E-state index in [1.807, 2.05) is 42.2 Å². The zero-order valence-corrected chi connectivity index (χ0v) is 21.8. The number of aromatic nitrogens is 1. The molecule has 0 N–H and O–H groups in total. The number of rotatable bonds is 8. The highest BCUT2D eigenvalue weighted by molar-refractivity contribution is 6.04. The zero-order chi connectivity index (χ0) is 25.8. The van der Waals surface area contributed by atoms with Crippen molar-refractivity contribution in [1.82, 2.24) is 9.88 Å². The van der Waals surface area contributed by atoms with Gasteiger partial charge in [0.2, 0.25) is 5.91 Å². The minimum absolute atomic E-state index is 0.0281. The molecule has 6 nitrogen and oxygen atoms in total. The SMILES string of the molecule is CC(=O)N(c1c(C)cnc2cc(F)c(-c3ccc(OCCCN4CCCC4)cc3)cc12)C1CCOCC1. The van der Waals surface area contributed by atoms with Gasteiger partial charge in [-0.1, -0.05) is 12.1 Å².